The molecule has 0 heterocycles. The van der Waals surface area contributed by atoms with Gasteiger partial charge in [-0.2, -0.15) is 0 Å². The molecule has 0 unspecified atom stereocenters. The minimum absolute atomic E-state index is 0.0586. The van der Waals surface area contributed by atoms with Crippen LogP contribution in [0.4, 0.5) is 0 Å². The summed E-state index contributed by atoms with van der Waals surface area (Å²) in [4.78, 5) is 13.2. The lowest BCUT2D eigenvalue weighted by Gasteiger charge is -2.30. The van der Waals surface area contributed by atoms with Crippen LogP contribution in [0.25, 0.3) is 0 Å². The van der Waals surface area contributed by atoms with Gasteiger partial charge in [0, 0.05) is 13.6 Å². The van der Waals surface area contributed by atoms with Gasteiger partial charge in [-0.15, -0.1) is 0 Å². The van der Waals surface area contributed by atoms with Gasteiger partial charge in [0.05, 0.1) is 5.57 Å². The van der Waals surface area contributed by atoms with E-state index in [0.717, 1.165) is 19.4 Å². The smallest absolute Gasteiger partial charge is 0.216 e. The van der Waals surface area contributed by atoms with Gasteiger partial charge in [0.1, 0.15) is 5.70 Å². The molecule has 0 bridgehead atoms. The molecule has 0 aromatic heterocycles. The summed E-state index contributed by atoms with van der Waals surface area (Å²) in [7, 11) is 1.83. The fourth-order valence-electron chi connectivity index (χ4n) is 1.75. The van der Waals surface area contributed by atoms with Gasteiger partial charge in [0.15, 0.2) is 5.76 Å². The summed E-state index contributed by atoms with van der Waals surface area (Å²) in [5, 5.41) is 9.49. The Kier molecular flexibility index (Phi) is 3.46. The lowest BCUT2D eigenvalue weighted by molar-refractivity contribution is -0.115. The molecule has 1 aliphatic rings. The third-order valence-electron chi connectivity index (χ3n) is 2.80. The number of aliphatic hydroxyl groups is 1. The number of carbonyl (C=O) groups excluding carboxylic acids is 1. The van der Waals surface area contributed by atoms with E-state index in [4.69, 9.17) is 0 Å². The van der Waals surface area contributed by atoms with Gasteiger partial charge < -0.3 is 10.0 Å². The topological polar surface area (TPSA) is 40.5 Å². The average molecular weight is 223 g/mol. The van der Waals surface area contributed by atoms with Crippen LogP contribution in [0.3, 0.4) is 0 Å². The third kappa shape index (κ3) is 2.65. The minimum Gasteiger partial charge on any atom is -0.505 e. The maximum Gasteiger partial charge on any atom is 0.216 e. The summed E-state index contributed by atoms with van der Waals surface area (Å²) in [6, 6.07) is 0. The van der Waals surface area contributed by atoms with E-state index < -0.39 is 0 Å². The number of allylic oxidation sites excluding steroid dienone is 2. The molecule has 90 valence electrons. The summed E-state index contributed by atoms with van der Waals surface area (Å²) in [6.45, 7) is 10.9. The molecule has 0 fully saturated rings. The van der Waals surface area contributed by atoms with Crippen LogP contribution in [-0.4, -0.2) is 29.4 Å². The van der Waals surface area contributed by atoms with Gasteiger partial charge in [0.2, 0.25) is 5.78 Å². The van der Waals surface area contributed by atoms with Crippen LogP contribution in [0.2, 0.25) is 0 Å². The molecule has 16 heavy (non-hydrogen) atoms. The van der Waals surface area contributed by atoms with Crippen LogP contribution < -0.4 is 0 Å². The first-order valence-corrected chi connectivity index (χ1v) is 5.62. The number of likely N-dealkylation sites (N-methyl/N-ethyl adjacent to an activating group) is 1. The van der Waals surface area contributed by atoms with Crippen molar-refractivity contribution >= 4 is 5.78 Å². The van der Waals surface area contributed by atoms with Crippen LogP contribution in [0.5, 0.6) is 0 Å². The van der Waals surface area contributed by atoms with Gasteiger partial charge in [0.25, 0.3) is 0 Å². The molecule has 0 radical (unpaired) electrons. The first-order valence-electron chi connectivity index (χ1n) is 5.62. The highest BCUT2D eigenvalue weighted by molar-refractivity contribution is 6.18. The number of rotatable bonds is 4. The van der Waals surface area contributed by atoms with E-state index in [1.165, 1.54) is 0 Å². The molecule has 1 N–H and O–H groups in total. The molecule has 0 saturated heterocycles. The second-order valence-corrected chi connectivity index (χ2v) is 5.59. The SMILES string of the molecule is C=C1C(=O)C(N(C)CCCC(C)(C)C)=C1O. The summed E-state index contributed by atoms with van der Waals surface area (Å²) in [5.74, 6) is -0.0704. The van der Waals surface area contributed by atoms with Crippen molar-refractivity contribution in [1.29, 1.82) is 0 Å². The van der Waals surface area contributed by atoms with Crippen molar-refractivity contribution in [3.05, 3.63) is 23.6 Å². The number of aliphatic hydroxyl groups excluding tert-OH is 1. The Morgan fingerprint density at radius 1 is 1.38 bits per heavy atom. The molecular weight excluding hydrogens is 202 g/mol. The van der Waals surface area contributed by atoms with E-state index in [-0.39, 0.29) is 17.1 Å². The normalized spacial score (nSPS) is 16.5. The van der Waals surface area contributed by atoms with Crippen LogP contribution in [0.15, 0.2) is 23.6 Å². The zero-order chi connectivity index (χ0) is 12.5. The number of hydrogen-bond acceptors (Lipinski definition) is 3. The second kappa shape index (κ2) is 4.32. The van der Waals surface area contributed by atoms with Crippen LogP contribution >= 0.6 is 0 Å². The average Bonchev–Trinajstić information content (AvgIpc) is 2.15. The highest BCUT2D eigenvalue weighted by Gasteiger charge is 2.34. The van der Waals surface area contributed by atoms with E-state index in [9.17, 15) is 9.90 Å². The zero-order valence-corrected chi connectivity index (χ0v) is 10.6. The fourth-order valence-corrected chi connectivity index (χ4v) is 1.75. The molecule has 0 saturated carbocycles. The van der Waals surface area contributed by atoms with Crippen molar-refractivity contribution in [3.8, 4) is 0 Å². The number of carbonyl (C=O) groups is 1. The maximum absolute atomic E-state index is 11.4. The van der Waals surface area contributed by atoms with Gasteiger partial charge >= 0.3 is 0 Å². The lowest BCUT2D eigenvalue weighted by Crippen LogP contribution is -2.34. The first kappa shape index (κ1) is 12.8. The molecule has 0 aliphatic heterocycles. The van der Waals surface area contributed by atoms with Crippen molar-refractivity contribution in [1.82, 2.24) is 4.90 Å². The standard InChI is InChI=1S/C13H21NO2/c1-9-11(15)10(12(9)16)14(5)8-6-7-13(2,3)4/h15H,1,6-8H2,2-5H3. The molecule has 0 aromatic rings. The zero-order valence-electron chi connectivity index (χ0n) is 10.6. The Morgan fingerprint density at radius 2 is 1.94 bits per heavy atom. The molecule has 3 heteroatoms. The van der Waals surface area contributed by atoms with Gasteiger partial charge in [-0.3, -0.25) is 4.79 Å². The highest BCUT2D eigenvalue weighted by atomic mass is 16.3. The molecule has 0 aromatic carbocycles. The van der Waals surface area contributed by atoms with Crippen molar-refractivity contribution in [2.75, 3.05) is 13.6 Å². The van der Waals surface area contributed by atoms with Crippen molar-refractivity contribution in [3.63, 3.8) is 0 Å². The molecule has 0 amide bonds. The van der Waals surface area contributed by atoms with E-state index >= 15 is 0 Å². The van der Waals surface area contributed by atoms with Crippen LogP contribution in [0, 0.1) is 5.41 Å². The van der Waals surface area contributed by atoms with Crippen LogP contribution in [0.1, 0.15) is 33.6 Å². The number of ketones is 1. The highest BCUT2D eigenvalue weighted by Crippen LogP contribution is 2.29. The third-order valence-corrected chi connectivity index (χ3v) is 2.80. The molecule has 0 atom stereocenters. The quantitative estimate of drug-likeness (QED) is 0.745. The molecule has 0 spiro atoms. The summed E-state index contributed by atoms with van der Waals surface area (Å²) < 4.78 is 0. The summed E-state index contributed by atoms with van der Waals surface area (Å²) in [6.07, 6.45) is 2.11. The molecule has 1 rings (SSSR count). The van der Waals surface area contributed by atoms with Gasteiger partial charge in [-0.05, 0) is 18.3 Å². The first-order chi connectivity index (χ1) is 7.24. The molecular formula is C13H21NO2. The minimum atomic E-state index is -0.129. The predicted octanol–water partition coefficient (Wildman–Crippen LogP) is 2.65. The number of nitrogens with zero attached hydrogens (tertiary/aromatic N) is 1. The molecule has 3 nitrogen and oxygen atoms in total. The summed E-state index contributed by atoms with van der Waals surface area (Å²) in [5.41, 5.74) is 0.960. The van der Waals surface area contributed by atoms with Crippen molar-refractivity contribution < 1.29 is 9.90 Å². The lowest BCUT2D eigenvalue weighted by atomic mass is 9.90. The monoisotopic (exact) mass is 223 g/mol. The van der Waals surface area contributed by atoms with Crippen LogP contribution in [-0.2, 0) is 4.79 Å². The van der Waals surface area contributed by atoms with Gasteiger partial charge in [-0.1, -0.05) is 27.4 Å². The van der Waals surface area contributed by atoms with E-state index in [1.54, 1.807) is 0 Å². The Labute approximate surface area is 97.4 Å². The van der Waals surface area contributed by atoms with E-state index in [2.05, 4.69) is 27.4 Å². The second-order valence-electron chi connectivity index (χ2n) is 5.59. The van der Waals surface area contributed by atoms with Gasteiger partial charge in [-0.25, -0.2) is 0 Å². The Hall–Kier alpha value is -1.25. The number of Topliss-reactive ketones (excluding diaryl/α,β-unsaturated/α-hetero) is 1. The van der Waals surface area contributed by atoms with E-state index in [0.29, 0.717) is 11.1 Å². The van der Waals surface area contributed by atoms with Crippen molar-refractivity contribution in [2.45, 2.75) is 33.6 Å². The predicted molar refractivity (Wildman–Crippen MR) is 65.1 cm³/mol. The Bertz CT molecular complexity index is 347. The van der Waals surface area contributed by atoms with E-state index in [1.807, 2.05) is 11.9 Å². The Balaban J connectivity index is 2.46. The maximum atomic E-state index is 11.4. The fraction of sp³-hybridized carbons (Fsp3) is 0.615. The largest absolute Gasteiger partial charge is 0.505 e. The summed E-state index contributed by atoms with van der Waals surface area (Å²) >= 11 is 0. The Morgan fingerprint density at radius 3 is 2.38 bits per heavy atom. The molecule has 1 aliphatic carbocycles. The van der Waals surface area contributed by atoms with Crippen molar-refractivity contribution in [2.24, 2.45) is 5.41 Å². The number of hydrogen-bond donors (Lipinski definition) is 1.